The van der Waals surface area contributed by atoms with Crippen molar-refractivity contribution in [1.82, 2.24) is 4.90 Å². The Labute approximate surface area is 143 Å². The molecular weight excluding hydrogens is 334 g/mol. The first-order valence-electron chi connectivity index (χ1n) is 8.04. The molecule has 0 heterocycles. The van der Waals surface area contributed by atoms with Crippen molar-refractivity contribution in [2.75, 3.05) is 62.3 Å². The quantitative estimate of drug-likeness (QED) is 0.408. The van der Waals surface area contributed by atoms with Crippen molar-refractivity contribution in [1.29, 1.82) is 0 Å². The lowest BCUT2D eigenvalue weighted by atomic mass is 10.3. The third-order valence-electron chi connectivity index (χ3n) is 4.23. The highest BCUT2D eigenvalue weighted by atomic mass is 28.4. The fraction of sp³-hybridized carbons (Fsp3) is 1.00. The molecule has 9 heteroatoms. The van der Waals surface area contributed by atoms with Crippen LogP contribution < -0.4 is 0 Å². The summed E-state index contributed by atoms with van der Waals surface area (Å²) < 4.78 is 32.7. The van der Waals surface area contributed by atoms with E-state index in [2.05, 4.69) is 11.8 Å². The van der Waals surface area contributed by atoms with Gasteiger partial charge < -0.3 is 31.5 Å². The summed E-state index contributed by atoms with van der Waals surface area (Å²) in [5.41, 5.74) is 0. The molecule has 0 amide bonds. The van der Waals surface area contributed by atoms with Crippen LogP contribution in [0.1, 0.15) is 19.8 Å². The lowest BCUT2D eigenvalue weighted by Gasteiger charge is -2.27. The zero-order chi connectivity index (χ0) is 17.8. The fourth-order valence-corrected chi connectivity index (χ4v) is 5.99. The molecule has 0 aliphatic rings. The van der Waals surface area contributed by atoms with E-state index in [4.69, 9.17) is 26.6 Å². The van der Waals surface area contributed by atoms with Gasteiger partial charge in [-0.05, 0) is 32.5 Å². The summed E-state index contributed by atoms with van der Waals surface area (Å²) in [6, 6.07) is 1.64. The molecule has 0 bridgehead atoms. The molecule has 0 aromatic rings. The fourth-order valence-electron chi connectivity index (χ4n) is 2.58. The smallest absolute Gasteiger partial charge is 0.377 e. The second kappa shape index (κ2) is 12.5. The van der Waals surface area contributed by atoms with Crippen LogP contribution in [0.4, 0.5) is 0 Å². The molecule has 0 radical (unpaired) electrons. The van der Waals surface area contributed by atoms with Gasteiger partial charge in [0.15, 0.2) is 0 Å². The van der Waals surface area contributed by atoms with E-state index >= 15 is 0 Å². The molecule has 0 aromatic heterocycles. The van der Waals surface area contributed by atoms with E-state index in [9.17, 15) is 0 Å². The van der Waals surface area contributed by atoms with Gasteiger partial charge in [0.05, 0.1) is 0 Å². The lowest BCUT2D eigenvalue weighted by molar-refractivity contribution is 0.120. The molecule has 0 fully saturated rings. The Morgan fingerprint density at radius 1 is 0.609 bits per heavy atom. The summed E-state index contributed by atoms with van der Waals surface area (Å²) >= 11 is 0. The summed E-state index contributed by atoms with van der Waals surface area (Å²) in [4.78, 5) is 2.40. The van der Waals surface area contributed by atoms with E-state index in [1.54, 1.807) is 42.7 Å². The summed E-state index contributed by atoms with van der Waals surface area (Å²) in [6.07, 6.45) is 1.97. The van der Waals surface area contributed by atoms with Crippen LogP contribution in [-0.2, 0) is 26.6 Å². The number of nitrogens with zero attached hydrogens (tertiary/aromatic N) is 1. The molecule has 140 valence electrons. The molecule has 0 atom stereocenters. The highest BCUT2D eigenvalue weighted by molar-refractivity contribution is 6.60. The minimum atomic E-state index is -2.46. The molecule has 0 aliphatic carbocycles. The summed E-state index contributed by atoms with van der Waals surface area (Å²) in [7, 11) is 5.01. The van der Waals surface area contributed by atoms with E-state index in [0.29, 0.717) is 0 Å². The summed E-state index contributed by atoms with van der Waals surface area (Å²) in [5.74, 6) is 0. The number of hydrogen-bond donors (Lipinski definition) is 0. The molecule has 0 spiro atoms. The molecular formula is C14H35NO6Si2. The molecule has 0 unspecified atom stereocenters. The number of hydrogen-bond acceptors (Lipinski definition) is 7. The molecule has 0 aliphatic heterocycles. The second-order valence-electron chi connectivity index (χ2n) is 5.23. The standard InChI is InChI=1S/C14H35NO6Si2/c1-8-15(11-9-13-22(16-2,17-3)18-4)12-10-14-23(19-5,20-6)21-7/h8-14H2,1-7H3. The Morgan fingerprint density at radius 2 is 0.913 bits per heavy atom. The predicted octanol–water partition coefficient (Wildman–Crippen LogP) is 1.84. The van der Waals surface area contributed by atoms with E-state index in [1.165, 1.54) is 0 Å². The zero-order valence-corrected chi connectivity index (χ0v) is 17.8. The first-order chi connectivity index (χ1) is 11.0. The molecule has 0 saturated carbocycles. The van der Waals surface area contributed by atoms with Gasteiger partial charge in [-0.15, -0.1) is 0 Å². The minimum absolute atomic E-state index is 0.819. The van der Waals surface area contributed by atoms with E-state index in [1.807, 2.05) is 0 Å². The van der Waals surface area contributed by atoms with Gasteiger partial charge in [0.2, 0.25) is 0 Å². The van der Waals surface area contributed by atoms with Gasteiger partial charge in [0.25, 0.3) is 0 Å². The first-order valence-corrected chi connectivity index (χ1v) is 11.9. The molecule has 0 rings (SSSR count). The SMILES string of the molecule is CCN(CCC[Si](OC)(OC)OC)CCC[Si](OC)(OC)OC. The van der Waals surface area contributed by atoms with Crippen molar-refractivity contribution in [3.8, 4) is 0 Å². The number of rotatable bonds is 15. The molecule has 0 N–H and O–H groups in total. The maximum Gasteiger partial charge on any atom is 0.500 e. The Kier molecular flexibility index (Phi) is 12.6. The van der Waals surface area contributed by atoms with Crippen molar-refractivity contribution in [2.24, 2.45) is 0 Å². The Hall–Kier alpha value is 0.154. The highest BCUT2D eigenvalue weighted by Crippen LogP contribution is 2.17. The maximum absolute atomic E-state index is 5.45. The monoisotopic (exact) mass is 369 g/mol. The van der Waals surface area contributed by atoms with Crippen LogP contribution in [0, 0.1) is 0 Å². The average Bonchev–Trinajstić information content (AvgIpc) is 2.61. The van der Waals surface area contributed by atoms with Crippen LogP contribution in [0.2, 0.25) is 12.1 Å². The van der Waals surface area contributed by atoms with Gasteiger partial charge in [0, 0.05) is 54.7 Å². The van der Waals surface area contributed by atoms with Gasteiger partial charge >= 0.3 is 17.6 Å². The van der Waals surface area contributed by atoms with Gasteiger partial charge in [-0.1, -0.05) is 6.92 Å². The van der Waals surface area contributed by atoms with Crippen molar-refractivity contribution in [2.45, 2.75) is 31.9 Å². The molecule has 23 heavy (non-hydrogen) atoms. The molecule has 0 saturated heterocycles. The maximum atomic E-state index is 5.45. The minimum Gasteiger partial charge on any atom is -0.377 e. The second-order valence-corrected chi connectivity index (χ2v) is 11.4. The third kappa shape index (κ3) is 7.71. The topological polar surface area (TPSA) is 58.6 Å². The van der Waals surface area contributed by atoms with E-state index < -0.39 is 17.6 Å². The Morgan fingerprint density at radius 3 is 1.13 bits per heavy atom. The molecule has 0 aromatic carbocycles. The van der Waals surface area contributed by atoms with Gasteiger partial charge in [-0.25, -0.2) is 0 Å². The predicted molar refractivity (Wildman–Crippen MR) is 94.5 cm³/mol. The lowest BCUT2D eigenvalue weighted by Crippen LogP contribution is -2.44. The third-order valence-corrected chi connectivity index (χ3v) is 9.89. The Bertz CT molecular complexity index is 248. The van der Waals surface area contributed by atoms with Crippen molar-refractivity contribution in [3.63, 3.8) is 0 Å². The van der Waals surface area contributed by atoms with Crippen molar-refractivity contribution < 1.29 is 26.6 Å². The van der Waals surface area contributed by atoms with Crippen LogP contribution in [0.25, 0.3) is 0 Å². The molecule has 7 nitrogen and oxygen atoms in total. The summed E-state index contributed by atoms with van der Waals surface area (Å²) in [5, 5.41) is 0. The average molecular weight is 370 g/mol. The normalized spacial score (nSPS) is 13.0. The Balaban J connectivity index is 4.22. The summed E-state index contributed by atoms with van der Waals surface area (Å²) in [6.45, 7) is 5.15. The van der Waals surface area contributed by atoms with Crippen LogP contribution in [0.3, 0.4) is 0 Å². The van der Waals surface area contributed by atoms with Crippen molar-refractivity contribution in [3.05, 3.63) is 0 Å². The van der Waals surface area contributed by atoms with E-state index in [0.717, 1.165) is 44.6 Å². The van der Waals surface area contributed by atoms with E-state index in [-0.39, 0.29) is 0 Å². The van der Waals surface area contributed by atoms with Crippen LogP contribution >= 0.6 is 0 Å². The van der Waals surface area contributed by atoms with Crippen LogP contribution in [0.15, 0.2) is 0 Å². The highest BCUT2D eigenvalue weighted by Gasteiger charge is 2.38. The van der Waals surface area contributed by atoms with Crippen molar-refractivity contribution >= 4 is 17.6 Å². The first kappa shape index (κ1) is 23.2. The van der Waals surface area contributed by atoms with Gasteiger partial charge in [0.1, 0.15) is 0 Å². The van der Waals surface area contributed by atoms with Gasteiger partial charge in [-0.2, -0.15) is 0 Å². The van der Waals surface area contributed by atoms with Crippen LogP contribution in [-0.4, -0.2) is 84.8 Å². The van der Waals surface area contributed by atoms with Gasteiger partial charge in [-0.3, -0.25) is 0 Å². The zero-order valence-electron chi connectivity index (χ0n) is 15.8. The largest absolute Gasteiger partial charge is 0.500 e. The van der Waals surface area contributed by atoms with Crippen LogP contribution in [0.5, 0.6) is 0 Å².